The van der Waals surface area contributed by atoms with Gasteiger partial charge in [0, 0.05) is 0 Å². The number of rotatable bonds is 5. The molecule has 0 aliphatic heterocycles. The van der Waals surface area contributed by atoms with E-state index >= 15 is 0 Å². The summed E-state index contributed by atoms with van der Waals surface area (Å²) in [4.78, 5) is 0. The van der Waals surface area contributed by atoms with Crippen molar-refractivity contribution in [3.05, 3.63) is 72.6 Å². The third-order valence-electron chi connectivity index (χ3n) is 3.82. The summed E-state index contributed by atoms with van der Waals surface area (Å²) < 4.78 is 5.75. The van der Waals surface area contributed by atoms with Crippen molar-refractivity contribution in [2.24, 2.45) is 0 Å². The molecule has 0 saturated carbocycles. The van der Waals surface area contributed by atoms with Gasteiger partial charge in [-0.2, -0.15) is 0 Å². The molecule has 1 radical (unpaired) electrons. The standard InChI is InChI=1S/C18H23O2Si/c1-18(19,21(2,3)4)16-10-12-17(13-11-16)20-14-15-8-6-5-7-9-15/h5-13,19H,1,14H2,2-4H3. The molecule has 2 aromatic carbocycles. The van der Waals surface area contributed by atoms with Gasteiger partial charge in [-0.25, -0.2) is 0 Å². The van der Waals surface area contributed by atoms with E-state index in [0.29, 0.717) is 6.61 Å². The molecule has 3 heteroatoms. The molecule has 2 aromatic rings. The van der Waals surface area contributed by atoms with Crippen molar-refractivity contribution in [2.75, 3.05) is 0 Å². The van der Waals surface area contributed by atoms with Gasteiger partial charge in [0.05, 0.1) is 13.3 Å². The summed E-state index contributed by atoms with van der Waals surface area (Å²) in [5, 5.41) is 9.65. The van der Waals surface area contributed by atoms with Crippen molar-refractivity contribution < 1.29 is 9.84 Å². The van der Waals surface area contributed by atoms with Crippen LogP contribution in [0.3, 0.4) is 0 Å². The van der Waals surface area contributed by atoms with E-state index in [-0.39, 0.29) is 0 Å². The fraction of sp³-hybridized carbons (Fsp3) is 0.278. The van der Waals surface area contributed by atoms with Gasteiger partial charge in [-0.15, -0.1) is 0 Å². The Morgan fingerprint density at radius 3 is 2.10 bits per heavy atom. The summed E-state index contributed by atoms with van der Waals surface area (Å²) in [5.41, 5.74) is 1.99. The molecule has 0 spiro atoms. The van der Waals surface area contributed by atoms with Crippen molar-refractivity contribution in [1.29, 1.82) is 0 Å². The molecular weight excluding hydrogens is 276 g/mol. The molecule has 111 valence electrons. The number of hydrogen-bond donors (Lipinski definition) is 1. The minimum Gasteiger partial charge on any atom is -0.489 e. The summed E-state index contributed by atoms with van der Waals surface area (Å²) in [6.07, 6.45) is 0. The summed E-state index contributed by atoms with van der Waals surface area (Å²) >= 11 is 0. The molecule has 0 bridgehead atoms. The van der Waals surface area contributed by atoms with Crippen LogP contribution in [0.25, 0.3) is 0 Å². The molecule has 0 aromatic heterocycles. The first kappa shape index (κ1) is 15.8. The van der Waals surface area contributed by atoms with Crippen molar-refractivity contribution >= 4 is 8.07 Å². The molecule has 1 N–H and O–H groups in total. The van der Waals surface area contributed by atoms with Crippen LogP contribution in [0.4, 0.5) is 0 Å². The Bertz CT molecular complexity index is 568. The first-order valence-electron chi connectivity index (χ1n) is 7.16. The molecule has 0 amide bonds. The van der Waals surface area contributed by atoms with E-state index in [2.05, 4.69) is 26.6 Å². The highest BCUT2D eigenvalue weighted by atomic mass is 28.3. The molecule has 1 atom stereocenters. The molecule has 0 fully saturated rings. The molecule has 21 heavy (non-hydrogen) atoms. The van der Waals surface area contributed by atoms with Gasteiger partial charge in [0.15, 0.2) is 0 Å². The van der Waals surface area contributed by atoms with Gasteiger partial charge in [-0.05, 0) is 30.2 Å². The summed E-state index contributed by atoms with van der Waals surface area (Å²) in [6.45, 7) is 10.9. The SMILES string of the molecule is [CH2]C(O)(c1ccc(OCc2ccccc2)cc1)[Si](C)(C)C. The molecule has 0 saturated heterocycles. The maximum Gasteiger partial charge on any atom is 0.119 e. The minimum absolute atomic E-state index is 0.544. The first-order valence-corrected chi connectivity index (χ1v) is 10.7. The summed E-state index contributed by atoms with van der Waals surface area (Å²) in [5.74, 6) is 0.800. The minimum atomic E-state index is -1.81. The first-order chi connectivity index (χ1) is 9.80. The maximum absolute atomic E-state index is 10.6. The Morgan fingerprint density at radius 1 is 1.00 bits per heavy atom. The van der Waals surface area contributed by atoms with Gasteiger partial charge in [0.2, 0.25) is 0 Å². The van der Waals surface area contributed by atoms with Gasteiger partial charge in [0.25, 0.3) is 0 Å². The fourth-order valence-corrected chi connectivity index (χ4v) is 3.03. The van der Waals surface area contributed by atoms with Crippen LogP contribution in [-0.4, -0.2) is 13.2 Å². The van der Waals surface area contributed by atoms with Gasteiger partial charge in [-0.3, -0.25) is 0 Å². The third kappa shape index (κ3) is 3.74. The number of benzene rings is 2. The molecule has 2 nitrogen and oxygen atoms in total. The van der Waals surface area contributed by atoms with Crippen LogP contribution in [0.2, 0.25) is 19.6 Å². The van der Waals surface area contributed by atoms with Crippen molar-refractivity contribution in [3.63, 3.8) is 0 Å². The maximum atomic E-state index is 10.6. The highest BCUT2D eigenvalue weighted by Gasteiger charge is 2.38. The average molecular weight is 299 g/mol. The predicted octanol–water partition coefficient (Wildman–Crippen LogP) is 4.16. The van der Waals surface area contributed by atoms with Crippen LogP contribution in [-0.2, 0) is 11.8 Å². The van der Waals surface area contributed by atoms with Crippen LogP contribution in [0, 0.1) is 6.92 Å². The van der Waals surface area contributed by atoms with Crippen molar-refractivity contribution in [1.82, 2.24) is 0 Å². The van der Waals surface area contributed by atoms with Crippen LogP contribution in [0.1, 0.15) is 11.1 Å². The molecule has 1 unspecified atom stereocenters. The Labute approximate surface area is 128 Å². The number of ether oxygens (including phenoxy) is 1. The topological polar surface area (TPSA) is 29.5 Å². The van der Waals surface area contributed by atoms with Crippen molar-refractivity contribution in [3.8, 4) is 5.75 Å². The quantitative estimate of drug-likeness (QED) is 0.840. The summed E-state index contributed by atoms with van der Waals surface area (Å²) in [7, 11) is -1.81. The van der Waals surface area contributed by atoms with E-state index in [1.54, 1.807) is 0 Å². The summed E-state index contributed by atoms with van der Waals surface area (Å²) in [6, 6.07) is 17.7. The van der Waals surface area contributed by atoms with E-state index < -0.39 is 13.3 Å². The van der Waals surface area contributed by atoms with E-state index in [0.717, 1.165) is 16.9 Å². The Kier molecular flexibility index (Phi) is 4.54. The Hall–Kier alpha value is -1.58. The second-order valence-electron chi connectivity index (χ2n) is 6.41. The fourth-order valence-electron chi connectivity index (χ4n) is 2.00. The van der Waals surface area contributed by atoms with Gasteiger partial charge in [-0.1, -0.05) is 62.1 Å². The Morgan fingerprint density at radius 2 is 1.57 bits per heavy atom. The molecule has 0 aliphatic rings. The number of hydrogen-bond acceptors (Lipinski definition) is 2. The highest BCUT2D eigenvalue weighted by molar-refractivity contribution is 6.78. The lowest BCUT2D eigenvalue weighted by Gasteiger charge is -2.35. The normalized spacial score (nSPS) is 14.5. The second-order valence-corrected chi connectivity index (χ2v) is 11.7. The molecule has 2 rings (SSSR count). The molecular formula is C18H23O2Si. The second kappa shape index (κ2) is 6.04. The number of aliphatic hydroxyl groups is 1. The zero-order chi connectivity index (χ0) is 15.5. The van der Waals surface area contributed by atoms with Crippen LogP contribution >= 0.6 is 0 Å². The third-order valence-corrected chi connectivity index (χ3v) is 6.59. The van der Waals surface area contributed by atoms with Gasteiger partial charge in [0.1, 0.15) is 12.4 Å². The van der Waals surface area contributed by atoms with Crippen LogP contribution < -0.4 is 4.74 Å². The monoisotopic (exact) mass is 299 g/mol. The van der Waals surface area contributed by atoms with Gasteiger partial charge < -0.3 is 9.84 Å². The smallest absolute Gasteiger partial charge is 0.119 e. The van der Waals surface area contributed by atoms with Crippen LogP contribution in [0.15, 0.2) is 54.6 Å². The lowest BCUT2D eigenvalue weighted by Crippen LogP contribution is -2.47. The largest absolute Gasteiger partial charge is 0.489 e. The average Bonchev–Trinajstić information content (AvgIpc) is 2.45. The van der Waals surface area contributed by atoms with E-state index in [9.17, 15) is 5.11 Å². The predicted molar refractivity (Wildman–Crippen MR) is 89.8 cm³/mol. The van der Waals surface area contributed by atoms with E-state index in [4.69, 9.17) is 4.74 Å². The molecule has 0 heterocycles. The van der Waals surface area contributed by atoms with Gasteiger partial charge >= 0.3 is 0 Å². The van der Waals surface area contributed by atoms with Crippen LogP contribution in [0.5, 0.6) is 5.75 Å². The lowest BCUT2D eigenvalue weighted by atomic mass is 10.1. The zero-order valence-electron chi connectivity index (χ0n) is 13.0. The van der Waals surface area contributed by atoms with Crippen molar-refractivity contribution in [2.45, 2.75) is 31.5 Å². The highest BCUT2D eigenvalue weighted by Crippen LogP contribution is 2.31. The van der Waals surface area contributed by atoms with E-state index in [1.165, 1.54) is 0 Å². The van der Waals surface area contributed by atoms with E-state index in [1.807, 2.05) is 54.6 Å². The zero-order valence-corrected chi connectivity index (χ0v) is 14.0. The lowest BCUT2D eigenvalue weighted by molar-refractivity contribution is 0.164. The Balaban J connectivity index is 2.06. The molecule has 0 aliphatic carbocycles.